The van der Waals surface area contributed by atoms with Crippen LogP contribution in [0.25, 0.3) is 0 Å². The second kappa shape index (κ2) is 7.22. The molecule has 0 aliphatic heterocycles. The number of ether oxygens (including phenoxy) is 1. The molecule has 1 aromatic carbocycles. The number of amides is 1. The molecule has 1 amide bonds. The summed E-state index contributed by atoms with van der Waals surface area (Å²) < 4.78 is 5.60. The van der Waals surface area contributed by atoms with Crippen LogP contribution in [0, 0.1) is 12.8 Å². The fourth-order valence-corrected chi connectivity index (χ4v) is 2.37. The van der Waals surface area contributed by atoms with Crippen LogP contribution in [0.5, 0.6) is 5.75 Å². The first kappa shape index (κ1) is 15.5. The molecule has 0 aliphatic rings. The normalized spacial score (nSPS) is 10.7. The van der Waals surface area contributed by atoms with Gasteiger partial charge in [0.15, 0.2) is 0 Å². The minimum Gasteiger partial charge on any atom is -0.493 e. The fraction of sp³-hybridized carbons (Fsp3) is 0.375. The zero-order valence-electron chi connectivity index (χ0n) is 12.6. The summed E-state index contributed by atoms with van der Waals surface area (Å²) in [5.41, 5.74) is 1.58. The average Bonchev–Trinajstić information content (AvgIpc) is 2.83. The molecule has 0 spiro atoms. The summed E-state index contributed by atoms with van der Waals surface area (Å²) in [6.45, 7) is 6.83. The van der Waals surface area contributed by atoms with Gasteiger partial charge in [-0.3, -0.25) is 4.79 Å². The Morgan fingerprint density at radius 3 is 2.62 bits per heavy atom. The Morgan fingerprint density at radius 1 is 1.33 bits per heavy atom. The molecule has 112 valence electrons. The van der Waals surface area contributed by atoms with Crippen LogP contribution in [-0.2, 0) is 11.2 Å². The van der Waals surface area contributed by atoms with Crippen LogP contribution in [0.2, 0.25) is 0 Å². The van der Waals surface area contributed by atoms with E-state index in [4.69, 9.17) is 4.74 Å². The highest BCUT2D eigenvalue weighted by atomic mass is 32.1. The van der Waals surface area contributed by atoms with E-state index < -0.39 is 0 Å². The lowest BCUT2D eigenvalue weighted by molar-refractivity contribution is -0.115. The standard InChI is InChI=1S/C16H20N2O2S/c1-11(2)9-20-15-6-4-13(5-7-15)18-16(19)8-14-10-21-12(3)17-14/h4-7,10-11H,8-9H2,1-3H3,(H,18,19). The fourth-order valence-electron chi connectivity index (χ4n) is 1.76. The Bertz CT molecular complexity index is 591. The van der Waals surface area contributed by atoms with Gasteiger partial charge in [-0.15, -0.1) is 11.3 Å². The van der Waals surface area contributed by atoms with Crippen molar-refractivity contribution in [3.8, 4) is 5.75 Å². The van der Waals surface area contributed by atoms with Gasteiger partial charge < -0.3 is 10.1 Å². The van der Waals surface area contributed by atoms with Crippen LogP contribution in [0.3, 0.4) is 0 Å². The molecule has 2 aromatic rings. The molecule has 21 heavy (non-hydrogen) atoms. The number of nitrogens with one attached hydrogen (secondary N) is 1. The van der Waals surface area contributed by atoms with Crippen molar-refractivity contribution in [1.29, 1.82) is 0 Å². The highest BCUT2D eigenvalue weighted by Gasteiger charge is 2.07. The highest BCUT2D eigenvalue weighted by Crippen LogP contribution is 2.17. The van der Waals surface area contributed by atoms with Gasteiger partial charge in [0.25, 0.3) is 0 Å². The number of anilines is 1. The first-order valence-corrected chi connectivity index (χ1v) is 7.84. The maximum absolute atomic E-state index is 11.9. The Morgan fingerprint density at radius 2 is 2.05 bits per heavy atom. The molecule has 0 saturated heterocycles. The molecule has 0 fully saturated rings. The number of benzene rings is 1. The summed E-state index contributed by atoms with van der Waals surface area (Å²) >= 11 is 1.55. The Hall–Kier alpha value is -1.88. The molecule has 0 bridgehead atoms. The van der Waals surface area contributed by atoms with E-state index in [0.29, 0.717) is 18.9 Å². The lowest BCUT2D eigenvalue weighted by Gasteiger charge is -2.09. The van der Waals surface area contributed by atoms with E-state index in [2.05, 4.69) is 24.1 Å². The topological polar surface area (TPSA) is 51.2 Å². The maximum atomic E-state index is 11.9. The molecule has 1 heterocycles. The molecular weight excluding hydrogens is 284 g/mol. The number of hydrogen-bond donors (Lipinski definition) is 1. The van der Waals surface area contributed by atoms with Gasteiger partial charge in [-0.2, -0.15) is 0 Å². The van der Waals surface area contributed by atoms with Crippen molar-refractivity contribution < 1.29 is 9.53 Å². The van der Waals surface area contributed by atoms with Gasteiger partial charge in [-0.1, -0.05) is 13.8 Å². The van der Waals surface area contributed by atoms with Gasteiger partial charge in [0.1, 0.15) is 5.75 Å². The largest absolute Gasteiger partial charge is 0.493 e. The summed E-state index contributed by atoms with van der Waals surface area (Å²) in [6, 6.07) is 7.43. The second-order valence-electron chi connectivity index (χ2n) is 5.31. The Kier molecular flexibility index (Phi) is 5.33. The van der Waals surface area contributed by atoms with Crippen molar-refractivity contribution in [2.24, 2.45) is 5.92 Å². The van der Waals surface area contributed by atoms with E-state index in [-0.39, 0.29) is 5.91 Å². The minimum absolute atomic E-state index is 0.0591. The number of rotatable bonds is 6. The van der Waals surface area contributed by atoms with Crippen molar-refractivity contribution in [2.45, 2.75) is 27.2 Å². The van der Waals surface area contributed by atoms with Gasteiger partial charge in [-0.05, 0) is 37.1 Å². The maximum Gasteiger partial charge on any atom is 0.230 e. The molecule has 1 aromatic heterocycles. The number of carbonyl (C=O) groups excluding carboxylic acids is 1. The number of aryl methyl sites for hydroxylation is 1. The molecule has 5 heteroatoms. The highest BCUT2D eigenvalue weighted by molar-refractivity contribution is 7.09. The molecule has 0 radical (unpaired) electrons. The van der Waals surface area contributed by atoms with Crippen LogP contribution in [0.4, 0.5) is 5.69 Å². The lowest BCUT2D eigenvalue weighted by Crippen LogP contribution is -2.14. The summed E-state index contributed by atoms with van der Waals surface area (Å²) in [7, 11) is 0. The summed E-state index contributed by atoms with van der Waals surface area (Å²) in [6.07, 6.45) is 0.302. The average molecular weight is 304 g/mol. The van der Waals surface area contributed by atoms with Crippen molar-refractivity contribution in [3.63, 3.8) is 0 Å². The summed E-state index contributed by atoms with van der Waals surface area (Å²) in [5.74, 6) is 1.25. The zero-order chi connectivity index (χ0) is 15.2. The van der Waals surface area contributed by atoms with E-state index in [1.807, 2.05) is 36.6 Å². The quantitative estimate of drug-likeness (QED) is 0.886. The van der Waals surface area contributed by atoms with Crippen molar-refractivity contribution in [3.05, 3.63) is 40.3 Å². The number of aromatic nitrogens is 1. The van der Waals surface area contributed by atoms with Crippen molar-refractivity contribution in [2.75, 3.05) is 11.9 Å². The lowest BCUT2D eigenvalue weighted by atomic mass is 10.2. The Labute approximate surface area is 129 Å². The van der Waals surface area contributed by atoms with E-state index in [1.165, 1.54) is 0 Å². The van der Waals surface area contributed by atoms with Crippen molar-refractivity contribution in [1.82, 2.24) is 4.98 Å². The zero-order valence-corrected chi connectivity index (χ0v) is 13.4. The van der Waals surface area contributed by atoms with Crippen LogP contribution in [0.15, 0.2) is 29.6 Å². The van der Waals surface area contributed by atoms with Crippen molar-refractivity contribution >= 4 is 22.9 Å². The van der Waals surface area contributed by atoms with Crippen LogP contribution in [0.1, 0.15) is 24.5 Å². The summed E-state index contributed by atoms with van der Waals surface area (Å²) in [5, 5.41) is 5.75. The summed E-state index contributed by atoms with van der Waals surface area (Å²) in [4.78, 5) is 16.2. The van der Waals surface area contributed by atoms with Gasteiger partial charge >= 0.3 is 0 Å². The van der Waals surface area contributed by atoms with E-state index in [9.17, 15) is 4.79 Å². The third-order valence-corrected chi connectivity index (χ3v) is 3.55. The first-order chi connectivity index (χ1) is 10.0. The third-order valence-electron chi connectivity index (χ3n) is 2.73. The SMILES string of the molecule is Cc1nc(CC(=O)Nc2ccc(OCC(C)C)cc2)cs1. The number of thiazole rings is 1. The molecular formula is C16H20N2O2S. The Balaban J connectivity index is 1.86. The van der Waals surface area contributed by atoms with Crippen LogP contribution in [-0.4, -0.2) is 17.5 Å². The van der Waals surface area contributed by atoms with Gasteiger partial charge in [0, 0.05) is 11.1 Å². The monoisotopic (exact) mass is 304 g/mol. The number of nitrogens with zero attached hydrogens (tertiary/aromatic N) is 1. The molecule has 0 aliphatic carbocycles. The molecule has 1 N–H and O–H groups in total. The first-order valence-electron chi connectivity index (χ1n) is 6.96. The van der Waals surface area contributed by atoms with E-state index in [1.54, 1.807) is 11.3 Å². The number of carbonyl (C=O) groups is 1. The van der Waals surface area contributed by atoms with Gasteiger partial charge in [0.2, 0.25) is 5.91 Å². The van der Waals surface area contributed by atoms with E-state index in [0.717, 1.165) is 22.1 Å². The number of hydrogen-bond acceptors (Lipinski definition) is 4. The predicted molar refractivity (Wildman–Crippen MR) is 86.0 cm³/mol. The van der Waals surface area contributed by atoms with Gasteiger partial charge in [-0.25, -0.2) is 4.98 Å². The molecule has 0 atom stereocenters. The smallest absolute Gasteiger partial charge is 0.230 e. The molecule has 0 unspecified atom stereocenters. The van der Waals surface area contributed by atoms with Crippen LogP contribution < -0.4 is 10.1 Å². The molecule has 4 nitrogen and oxygen atoms in total. The van der Waals surface area contributed by atoms with Gasteiger partial charge in [0.05, 0.1) is 23.7 Å². The second-order valence-corrected chi connectivity index (χ2v) is 6.37. The molecule has 0 saturated carbocycles. The van der Waals surface area contributed by atoms with E-state index >= 15 is 0 Å². The third kappa shape index (κ3) is 5.19. The minimum atomic E-state index is -0.0591. The molecule has 2 rings (SSSR count). The predicted octanol–water partition coefficient (Wildman–Crippen LogP) is 3.67. The van der Waals surface area contributed by atoms with Crippen LogP contribution >= 0.6 is 11.3 Å².